The van der Waals surface area contributed by atoms with Gasteiger partial charge >= 0.3 is 6.18 Å². The molecule has 0 saturated carbocycles. The third-order valence-electron chi connectivity index (χ3n) is 3.36. The Balaban J connectivity index is 2.18. The SMILES string of the molecule is O=C(c1ccc2c(c1)CCC2)N(CCCl)CC(F)(F)F. The van der Waals surface area contributed by atoms with Crippen LogP contribution in [0.1, 0.15) is 27.9 Å². The van der Waals surface area contributed by atoms with Crippen LogP contribution in [-0.4, -0.2) is 36.0 Å². The van der Waals surface area contributed by atoms with Gasteiger partial charge < -0.3 is 4.90 Å². The van der Waals surface area contributed by atoms with Crippen LogP contribution in [0.4, 0.5) is 13.2 Å². The van der Waals surface area contributed by atoms with E-state index in [1.165, 1.54) is 5.56 Å². The monoisotopic (exact) mass is 305 g/mol. The maximum atomic E-state index is 12.5. The minimum absolute atomic E-state index is 0.0211. The van der Waals surface area contributed by atoms with Gasteiger partial charge in [-0.05, 0) is 42.5 Å². The van der Waals surface area contributed by atoms with Gasteiger partial charge in [0.1, 0.15) is 6.54 Å². The molecule has 1 aromatic rings. The van der Waals surface area contributed by atoms with Crippen molar-refractivity contribution in [3.63, 3.8) is 0 Å². The van der Waals surface area contributed by atoms with E-state index in [-0.39, 0.29) is 12.4 Å². The number of carbonyl (C=O) groups is 1. The Morgan fingerprint density at radius 2 is 1.95 bits per heavy atom. The highest BCUT2D eigenvalue weighted by molar-refractivity contribution is 6.18. The number of aryl methyl sites for hydroxylation is 2. The molecule has 0 heterocycles. The first-order valence-corrected chi connectivity index (χ1v) is 6.98. The summed E-state index contributed by atoms with van der Waals surface area (Å²) in [6.45, 7) is -1.38. The van der Waals surface area contributed by atoms with E-state index in [4.69, 9.17) is 11.6 Å². The lowest BCUT2D eigenvalue weighted by atomic mass is 10.1. The van der Waals surface area contributed by atoms with Crippen LogP contribution in [-0.2, 0) is 12.8 Å². The summed E-state index contributed by atoms with van der Waals surface area (Å²) < 4.78 is 37.5. The van der Waals surface area contributed by atoms with Crippen molar-refractivity contribution in [3.8, 4) is 0 Å². The van der Waals surface area contributed by atoms with Crippen LogP contribution in [0.3, 0.4) is 0 Å². The Morgan fingerprint density at radius 1 is 1.25 bits per heavy atom. The fourth-order valence-corrected chi connectivity index (χ4v) is 2.66. The number of nitrogens with zero attached hydrogens (tertiary/aromatic N) is 1. The topological polar surface area (TPSA) is 20.3 Å². The summed E-state index contributed by atoms with van der Waals surface area (Å²) in [6.07, 6.45) is -1.54. The van der Waals surface area contributed by atoms with Crippen molar-refractivity contribution < 1.29 is 18.0 Å². The first-order chi connectivity index (χ1) is 9.40. The summed E-state index contributed by atoms with van der Waals surface area (Å²) in [5.41, 5.74) is 2.55. The summed E-state index contributed by atoms with van der Waals surface area (Å²) in [5, 5.41) is 0. The van der Waals surface area contributed by atoms with Gasteiger partial charge in [0.15, 0.2) is 0 Å². The summed E-state index contributed by atoms with van der Waals surface area (Å²) in [6, 6.07) is 5.15. The highest BCUT2D eigenvalue weighted by atomic mass is 35.5. The molecule has 1 amide bonds. The number of hydrogen-bond donors (Lipinski definition) is 0. The number of halogens is 4. The predicted octanol–water partition coefficient (Wildman–Crippen LogP) is 3.42. The lowest BCUT2D eigenvalue weighted by Gasteiger charge is -2.23. The third kappa shape index (κ3) is 3.66. The largest absolute Gasteiger partial charge is 0.406 e. The molecule has 0 unspecified atom stereocenters. The second-order valence-electron chi connectivity index (χ2n) is 4.87. The summed E-state index contributed by atoms with van der Waals surface area (Å²) in [7, 11) is 0. The highest BCUT2D eigenvalue weighted by Crippen LogP contribution is 2.24. The lowest BCUT2D eigenvalue weighted by molar-refractivity contribution is -0.140. The lowest BCUT2D eigenvalue weighted by Crippen LogP contribution is -2.40. The molecule has 0 aliphatic heterocycles. The normalized spacial score (nSPS) is 14.2. The van der Waals surface area contributed by atoms with Gasteiger partial charge in [-0.15, -0.1) is 11.6 Å². The molecule has 20 heavy (non-hydrogen) atoms. The molecule has 2 rings (SSSR count). The maximum Gasteiger partial charge on any atom is 0.406 e. The molecule has 1 aliphatic carbocycles. The summed E-state index contributed by atoms with van der Waals surface area (Å²) >= 11 is 5.49. The van der Waals surface area contributed by atoms with E-state index >= 15 is 0 Å². The fraction of sp³-hybridized carbons (Fsp3) is 0.500. The van der Waals surface area contributed by atoms with Gasteiger partial charge in [0.2, 0.25) is 0 Å². The molecular formula is C14H15ClF3NO. The van der Waals surface area contributed by atoms with E-state index < -0.39 is 18.6 Å². The van der Waals surface area contributed by atoms with Gasteiger partial charge in [0.25, 0.3) is 5.91 Å². The number of amides is 1. The molecule has 0 radical (unpaired) electrons. The second-order valence-corrected chi connectivity index (χ2v) is 5.25. The molecule has 0 aromatic heterocycles. The van der Waals surface area contributed by atoms with E-state index in [1.54, 1.807) is 12.1 Å². The molecule has 6 heteroatoms. The van der Waals surface area contributed by atoms with Crippen LogP contribution in [0, 0.1) is 0 Å². The van der Waals surface area contributed by atoms with E-state index in [1.807, 2.05) is 6.07 Å². The molecule has 0 spiro atoms. The minimum atomic E-state index is -4.42. The zero-order valence-corrected chi connectivity index (χ0v) is 11.6. The Bertz CT molecular complexity index is 502. The average Bonchev–Trinajstić information content (AvgIpc) is 2.83. The van der Waals surface area contributed by atoms with Crippen molar-refractivity contribution in [2.24, 2.45) is 0 Å². The van der Waals surface area contributed by atoms with E-state index in [0.717, 1.165) is 29.7 Å². The minimum Gasteiger partial charge on any atom is -0.328 e. The third-order valence-corrected chi connectivity index (χ3v) is 3.53. The standard InChI is InChI=1S/C14H15ClF3NO/c15-6-7-19(9-14(16,17)18)13(20)12-5-4-10-2-1-3-11(10)8-12/h4-5,8H,1-3,6-7,9H2. The van der Waals surface area contributed by atoms with Crippen LogP contribution in [0.15, 0.2) is 18.2 Å². The summed E-state index contributed by atoms with van der Waals surface area (Å²) in [4.78, 5) is 12.9. The van der Waals surface area contributed by atoms with Gasteiger partial charge in [0, 0.05) is 18.0 Å². The Morgan fingerprint density at radius 3 is 2.60 bits per heavy atom. The zero-order chi connectivity index (χ0) is 14.8. The highest BCUT2D eigenvalue weighted by Gasteiger charge is 2.33. The number of fused-ring (bicyclic) bond motifs is 1. The van der Waals surface area contributed by atoms with Gasteiger partial charge in [0.05, 0.1) is 0 Å². The Labute approximate surface area is 120 Å². The van der Waals surface area contributed by atoms with Gasteiger partial charge in [-0.25, -0.2) is 0 Å². The van der Waals surface area contributed by atoms with Crippen LogP contribution in [0.5, 0.6) is 0 Å². The van der Waals surface area contributed by atoms with Crippen molar-refractivity contribution in [3.05, 3.63) is 34.9 Å². The first kappa shape index (κ1) is 15.2. The predicted molar refractivity (Wildman–Crippen MR) is 71.1 cm³/mol. The molecular weight excluding hydrogens is 291 g/mol. The van der Waals surface area contributed by atoms with Crippen molar-refractivity contribution in [2.75, 3.05) is 19.0 Å². The van der Waals surface area contributed by atoms with Crippen molar-refractivity contribution in [2.45, 2.75) is 25.4 Å². The average molecular weight is 306 g/mol. The maximum absolute atomic E-state index is 12.5. The molecule has 0 N–H and O–H groups in total. The first-order valence-electron chi connectivity index (χ1n) is 6.44. The Kier molecular flexibility index (Phi) is 4.58. The number of carbonyl (C=O) groups excluding carboxylic acids is 1. The van der Waals surface area contributed by atoms with Crippen LogP contribution >= 0.6 is 11.6 Å². The van der Waals surface area contributed by atoms with Crippen LogP contribution in [0.25, 0.3) is 0 Å². The van der Waals surface area contributed by atoms with E-state index in [2.05, 4.69) is 0 Å². The molecule has 110 valence electrons. The molecule has 0 fully saturated rings. The van der Waals surface area contributed by atoms with Gasteiger partial charge in [-0.1, -0.05) is 6.07 Å². The van der Waals surface area contributed by atoms with Crippen molar-refractivity contribution >= 4 is 17.5 Å². The van der Waals surface area contributed by atoms with Crippen molar-refractivity contribution in [1.29, 1.82) is 0 Å². The van der Waals surface area contributed by atoms with Crippen LogP contribution in [0.2, 0.25) is 0 Å². The fourth-order valence-electron chi connectivity index (χ4n) is 2.46. The smallest absolute Gasteiger partial charge is 0.328 e. The van der Waals surface area contributed by atoms with Crippen molar-refractivity contribution in [1.82, 2.24) is 4.90 Å². The van der Waals surface area contributed by atoms with E-state index in [9.17, 15) is 18.0 Å². The van der Waals surface area contributed by atoms with Gasteiger partial charge in [-0.2, -0.15) is 13.2 Å². The molecule has 1 aliphatic rings. The number of alkyl halides is 4. The zero-order valence-electron chi connectivity index (χ0n) is 10.8. The molecule has 1 aromatic carbocycles. The number of hydrogen-bond acceptors (Lipinski definition) is 1. The quantitative estimate of drug-likeness (QED) is 0.781. The summed E-state index contributed by atoms with van der Waals surface area (Å²) in [5.74, 6) is -0.634. The van der Waals surface area contributed by atoms with E-state index in [0.29, 0.717) is 5.56 Å². The Hall–Kier alpha value is -1.23. The number of rotatable bonds is 4. The molecule has 0 saturated heterocycles. The molecule has 2 nitrogen and oxygen atoms in total. The number of benzene rings is 1. The molecule has 0 atom stereocenters. The second kappa shape index (κ2) is 6.04. The molecule has 0 bridgehead atoms. The van der Waals surface area contributed by atoms with Gasteiger partial charge in [-0.3, -0.25) is 4.79 Å². The van der Waals surface area contributed by atoms with Crippen LogP contribution < -0.4 is 0 Å².